The quantitative estimate of drug-likeness (QED) is 0.856. The molecular weight excluding hydrogens is 306 g/mol. The summed E-state index contributed by atoms with van der Waals surface area (Å²) >= 11 is 3.22. The van der Waals surface area contributed by atoms with Crippen LogP contribution in [0.3, 0.4) is 0 Å². The highest BCUT2D eigenvalue weighted by Crippen LogP contribution is 2.25. The highest BCUT2D eigenvalue weighted by molar-refractivity contribution is 9.09. The van der Waals surface area contributed by atoms with Gasteiger partial charge in [-0.3, -0.25) is 4.79 Å². The van der Waals surface area contributed by atoms with E-state index in [2.05, 4.69) is 28.2 Å². The lowest BCUT2D eigenvalue weighted by atomic mass is 9.86. The average molecular weight is 326 g/mol. The molecule has 0 aliphatic heterocycles. The van der Waals surface area contributed by atoms with Crippen LogP contribution < -0.4 is 10.1 Å². The van der Waals surface area contributed by atoms with E-state index < -0.39 is 0 Å². The van der Waals surface area contributed by atoms with Crippen molar-refractivity contribution in [3.8, 4) is 5.75 Å². The lowest BCUT2D eigenvalue weighted by Crippen LogP contribution is -2.41. The number of rotatable bonds is 4. The second-order valence-electron chi connectivity index (χ2n) is 5.09. The Labute approximate surface area is 122 Å². The molecule has 1 aromatic rings. The van der Waals surface area contributed by atoms with Crippen LogP contribution in [-0.4, -0.2) is 17.5 Å². The fourth-order valence-corrected chi connectivity index (χ4v) is 2.86. The largest absolute Gasteiger partial charge is 0.482 e. The molecule has 0 spiro atoms. The van der Waals surface area contributed by atoms with E-state index in [4.69, 9.17) is 4.74 Å². The SMILES string of the molecule is CC1CCCCC1NC(=O)c1ccccc1OCBr. The Morgan fingerprint density at radius 3 is 2.84 bits per heavy atom. The van der Waals surface area contributed by atoms with Gasteiger partial charge >= 0.3 is 0 Å². The molecule has 104 valence electrons. The van der Waals surface area contributed by atoms with Crippen LogP contribution in [0.15, 0.2) is 24.3 Å². The number of halogens is 1. The fourth-order valence-electron chi connectivity index (χ4n) is 2.62. The van der Waals surface area contributed by atoms with Gasteiger partial charge in [-0.1, -0.05) is 31.9 Å². The number of para-hydroxylation sites is 1. The number of alkyl halides is 1. The number of benzene rings is 1. The Morgan fingerprint density at radius 2 is 2.11 bits per heavy atom. The molecule has 0 saturated heterocycles. The van der Waals surface area contributed by atoms with Gasteiger partial charge < -0.3 is 10.1 Å². The summed E-state index contributed by atoms with van der Waals surface area (Å²) in [6.07, 6.45) is 4.75. The summed E-state index contributed by atoms with van der Waals surface area (Å²) in [5.41, 5.74) is 0.997. The van der Waals surface area contributed by atoms with Gasteiger partial charge in [-0.25, -0.2) is 0 Å². The van der Waals surface area contributed by atoms with Crippen molar-refractivity contribution >= 4 is 21.8 Å². The van der Waals surface area contributed by atoms with Gasteiger partial charge in [0.15, 0.2) is 0 Å². The van der Waals surface area contributed by atoms with Gasteiger partial charge in [0.25, 0.3) is 5.91 Å². The maximum absolute atomic E-state index is 12.3. The standard InChI is InChI=1S/C15H20BrNO2/c1-11-6-2-4-8-13(11)17-15(18)12-7-3-5-9-14(12)19-10-16/h3,5,7,9,11,13H,2,4,6,8,10H2,1H3,(H,17,18). The lowest BCUT2D eigenvalue weighted by Gasteiger charge is -2.29. The number of hydrogen-bond acceptors (Lipinski definition) is 2. The summed E-state index contributed by atoms with van der Waals surface area (Å²) in [6, 6.07) is 7.65. The molecule has 0 bridgehead atoms. The molecule has 1 N–H and O–H groups in total. The predicted octanol–water partition coefficient (Wildman–Crippen LogP) is 3.73. The van der Waals surface area contributed by atoms with E-state index in [1.807, 2.05) is 18.2 Å². The summed E-state index contributed by atoms with van der Waals surface area (Å²) in [5, 5.41) is 3.15. The van der Waals surface area contributed by atoms with Crippen molar-refractivity contribution in [2.24, 2.45) is 5.92 Å². The molecule has 1 aliphatic carbocycles. The molecule has 0 aromatic heterocycles. The van der Waals surface area contributed by atoms with E-state index in [1.165, 1.54) is 19.3 Å². The molecule has 2 atom stereocenters. The smallest absolute Gasteiger partial charge is 0.255 e. The number of amides is 1. The first-order chi connectivity index (χ1) is 9.22. The Bertz CT molecular complexity index is 436. The van der Waals surface area contributed by atoms with Gasteiger partial charge in [-0.15, -0.1) is 0 Å². The second kappa shape index (κ2) is 6.94. The number of hydrogen-bond donors (Lipinski definition) is 1. The van der Waals surface area contributed by atoms with Crippen molar-refractivity contribution in [2.75, 3.05) is 5.52 Å². The predicted molar refractivity (Wildman–Crippen MR) is 79.8 cm³/mol. The van der Waals surface area contributed by atoms with E-state index >= 15 is 0 Å². The summed E-state index contributed by atoms with van der Waals surface area (Å²) in [5.74, 6) is 1.15. The summed E-state index contributed by atoms with van der Waals surface area (Å²) in [4.78, 5) is 12.3. The molecule has 2 rings (SSSR count). The van der Waals surface area contributed by atoms with Crippen molar-refractivity contribution in [1.82, 2.24) is 5.32 Å². The summed E-state index contributed by atoms with van der Waals surface area (Å²) in [7, 11) is 0. The first-order valence-corrected chi connectivity index (χ1v) is 7.93. The van der Waals surface area contributed by atoms with Crippen molar-refractivity contribution < 1.29 is 9.53 Å². The number of carbonyl (C=O) groups excluding carboxylic acids is 1. The Balaban J connectivity index is 2.06. The van der Waals surface area contributed by atoms with E-state index in [-0.39, 0.29) is 5.91 Å². The van der Waals surface area contributed by atoms with Gasteiger partial charge in [-0.05, 0) is 46.8 Å². The zero-order chi connectivity index (χ0) is 13.7. The molecule has 4 heteroatoms. The third-order valence-corrected chi connectivity index (χ3v) is 4.00. The molecular formula is C15H20BrNO2. The van der Waals surface area contributed by atoms with Crippen LogP contribution in [0.5, 0.6) is 5.75 Å². The Morgan fingerprint density at radius 1 is 1.37 bits per heavy atom. The van der Waals surface area contributed by atoms with Crippen LogP contribution in [0.1, 0.15) is 43.0 Å². The van der Waals surface area contributed by atoms with E-state index in [0.717, 1.165) is 6.42 Å². The van der Waals surface area contributed by atoms with E-state index in [1.54, 1.807) is 6.07 Å². The highest BCUT2D eigenvalue weighted by Gasteiger charge is 2.24. The molecule has 0 heterocycles. The van der Waals surface area contributed by atoms with E-state index in [0.29, 0.717) is 28.8 Å². The molecule has 1 amide bonds. The molecule has 1 aromatic carbocycles. The van der Waals surface area contributed by atoms with Gasteiger partial charge in [-0.2, -0.15) is 0 Å². The summed E-state index contributed by atoms with van der Waals surface area (Å²) in [6.45, 7) is 2.21. The Kier molecular flexibility index (Phi) is 5.25. The van der Waals surface area contributed by atoms with Gasteiger partial charge in [0.1, 0.15) is 11.3 Å². The van der Waals surface area contributed by atoms with Gasteiger partial charge in [0, 0.05) is 6.04 Å². The lowest BCUT2D eigenvalue weighted by molar-refractivity contribution is 0.0907. The molecule has 1 aliphatic rings. The van der Waals surface area contributed by atoms with Crippen LogP contribution >= 0.6 is 15.9 Å². The minimum Gasteiger partial charge on any atom is -0.482 e. The topological polar surface area (TPSA) is 38.3 Å². The van der Waals surface area contributed by atoms with Crippen LogP contribution in [0.2, 0.25) is 0 Å². The number of ether oxygens (including phenoxy) is 1. The fraction of sp³-hybridized carbons (Fsp3) is 0.533. The van der Waals surface area contributed by atoms with Crippen molar-refractivity contribution in [3.63, 3.8) is 0 Å². The molecule has 1 saturated carbocycles. The minimum atomic E-state index is -0.0321. The first-order valence-electron chi connectivity index (χ1n) is 6.81. The molecule has 2 unspecified atom stereocenters. The van der Waals surface area contributed by atoms with Crippen molar-refractivity contribution in [1.29, 1.82) is 0 Å². The molecule has 3 nitrogen and oxygen atoms in total. The average Bonchev–Trinajstić information content (AvgIpc) is 2.42. The summed E-state index contributed by atoms with van der Waals surface area (Å²) < 4.78 is 5.43. The normalized spacial score (nSPS) is 22.8. The zero-order valence-corrected chi connectivity index (χ0v) is 12.8. The molecule has 19 heavy (non-hydrogen) atoms. The molecule has 1 fully saturated rings. The Hall–Kier alpha value is -1.03. The molecule has 0 radical (unpaired) electrons. The first kappa shape index (κ1) is 14.4. The van der Waals surface area contributed by atoms with Gasteiger partial charge in [0.05, 0.1) is 5.56 Å². The van der Waals surface area contributed by atoms with Gasteiger partial charge in [0.2, 0.25) is 0 Å². The zero-order valence-electron chi connectivity index (χ0n) is 11.2. The third-order valence-electron chi connectivity index (χ3n) is 3.77. The monoisotopic (exact) mass is 325 g/mol. The van der Waals surface area contributed by atoms with E-state index in [9.17, 15) is 4.79 Å². The van der Waals surface area contributed by atoms with Crippen LogP contribution in [0.25, 0.3) is 0 Å². The van der Waals surface area contributed by atoms with Crippen LogP contribution in [0, 0.1) is 5.92 Å². The third kappa shape index (κ3) is 3.72. The second-order valence-corrected chi connectivity index (χ2v) is 5.55. The van der Waals surface area contributed by atoms with Crippen LogP contribution in [-0.2, 0) is 0 Å². The van der Waals surface area contributed by atoms with Crippen LogP contribution in [0.4, 0.5) is 0 Å². The van der Waals surface area contributed by atoms with Crippen molar-refractivity contribution in [3.05, 3.63) is 29.8 Å². The minimum absolute atomic E-state index is 0.0321. The number of carbonyl (C=O) groups is 1. The van der Waals surface area contributed by atoms with Crippen molar-refractivity contribution in [2.45, 2.75) is 38.6 Å². The maximum atomic E-state index is 12.3. The maximum Gasteiger partial charge on any atom is 0.255 e. The highest BCUT2D eigenvalue weighted by atomic mass is 79.9. The number of nitrogens with one attached hydrogen (secondary N) is 1.